The third-order valence-corrected chi connectivity index (χ3v) is 5.07. The highest BCUT2D eigenvalue weighted by molar-refractivity contribution is 5.69. The number of nitriles is 2. The molecule has 0 aliphatic heterocycles. The molecule has 28 heavy (non-hydrogen) atoms. The Hall–Kier alpha value is -2.33. The van der Waals surface area contributed by atoms with Gasteiger partial charge in [-0.25, -0.2) is 0 Å². The van der Waals surface area contributed by atoms with Gasteiger partial charge in [-0.15, -0.1) is 0 Å². The maximum atomic E-state index is 12.0. The minimum absolute atomic E-state index is 0.104. The number of carbonyl (C=O) groups excluding carboxylic acids is 1. The summed E-state index contributed by atoms with van der Waals surface area (Å²) in [6, 6.07) is 13.9. The van der Waals surface area contributed by atoms with E-state index in [0.717, 1.165) is 37.7 Å². The molecule has 152 valence electrons. The standard InChI is InChI=1S/C24H34N2O2/c1-19(2)10-9-11-20(3)16-24(27)28-15-8-7-14-23(22(17-25)18-26)21-12-5-4-6-13-21/h4-6,12-13,19-20,22-23H,7-11,14-16H2,1-3H3. The van der Waals surface area contributed by atoms with Crippen LogP contribution in [0, 0.1) is 40.4 Å². The van der Waals surface area contributed by atoms with Gasteiger partial charge in [0.15, 0.2) is 0 Å². The monoisotopic (exact) mass is 382 g/mol. The number of carbonyl (C=O) groups is 1. The van der Waals surface area contributed by atoms with Crippen LogP contribution >= 0.6 is 0 Å². The molecular formula is C24H34N2O2. The molecule has 1 aromatic rings. The highest BCUT2D eigenvalue weighted by Crippen LogP contribution is 2.29. The van der Waals surface area contributed by atoms with Crippen molar-refractivity contribution in [1.82, 2.24) is 0 Å². The molecule has 0 aromatic heterocycles. The van der Waals surface area contributed by atoms with E-state index in [0.29, 0.717) is 24.9 Å². The number of benzene rings is 1. The topological polar surface area (TPSA) is 73.9 Å². The number of ether oxygens (including phenoxy) is 1. The Kier molecular flexibility index (Phi) is 11.7. The lowest BCUT2D eigenvalue weighted by atomic mass is 9.84. The number of rotatable bonds is 13. The van der Waals surface area contributed by atoms with E-state index in [1.807, 2.05) is 30.3 Å². The number of esters is 1. The van der Waals surface area contributed by atoms with Crippen LogP contribution in [-0.2, 0) is 9.53 Å². The zero-order chi connectivity index (χ0) is 20.8. The van der Waals surface area contributed by atoms with Crippen molar-refractivity contribution in [1.29, 1.82) is 10.5 Å². The number of nitrogens with zero attached hydrogens (tertiary/aromatic N) is 2. The van der Waals surface area contributed by atoms with E-state index in [4.69, 9.17) is 4.74 Å². The summed E-state index contributed by atoms with van der Waals surface area (Å²) in [5.74, 6) is 0.189. The first-order valence-electron chi connectivity index (χ1n) is 10.5. The average molecular weight is 383 g/mol. The van der Waals surface area contributed by atoms with Crippen molar-refractivity contribution in [2.45, 2.75) is 71.6 Å². The van der Waals surface area contributed by atoms with Crippen LogP contribution < -0.4 is 0 Å². The van der Waals surface area contributed by atoms with Crippen LogP contribution in [0.5, 0.6) is 0 Å². The molecule has 2 atom stereocenters. The molecule has 0 fully saturated rings. The Bertz CT molecular complexity index is 629. The van der Waals surface area contributed by atoms with Crippen molar-refractivity contribution in [3.05, 3.63) is 35.9 Å². The minimum Gasteiger partial charge on any atom is -0.466 e. The summed E-state index contributed by atoms with van der Waals surface area (Å²) >= 11 is 0. The summed E-state index contributed by atoms with van der Waals surface area (Å²) in [6.07, 6.45) is 6.21. The fraction of sp³-hybridized carbons (Fsp3) is 0.625. The fourth-order valence-electron chi connectivity index (χ4n) is 3.41. The molecule has 1 aromatic carbocycles. The van der Waals surface area contributed by atoms with Crippen LogP contribution in [0.15, 0.2) is 30.3 Å². The molecule has 0 spiro atoms. The zero-order valence-corrected chi connectivity index (χ0v) is 17.6. The molecule has 0 heterocycles. The molecule has 0 saturated heterocycles. The SMILES string of the molecule is CC(C)CCCC(C)CC(=O)OCCCCC(c1ccccc1)C(C#N)C#N. The lowest BCUT2D eigenvalue weighted by Crippen LogP contribution is -2.12. The molecule has 0 aliphatic carbocycles. The van der Waals surface area contributed by atoms with Gasteiger partial charge in [-0.05, 0) is 36.7 Å². The average Bonchev–Trinajstić information content (AvgIpc) is 2.67. The Morgan fingerprint density at radius 1 is 0.964 bits per heavy atom. The summed E-state index contributed by atoms with van der Waals surface area (Å²) in [7, 11) is 0. The molecule has 0 N–H and O–H groups in total. The van der Waals surface area contributed by atoms with Crippen molar-refractivity contribution in [3.63, 3.8) is 0 Å². The zero-order valence-electron chi connectivity index (χ0n) is 17.6. The maximum Gasteiger partial charge on any atom is 0.306 e. The van der Waals surface area contributed by atoms with Gasteiger partial charge in [0, 0.05) is 12.3 Å². The third kappa shape index (κ3) is 9.56. The Morgan fingerprint density at radius 2 is 1.64 bits per heavy atom. The predicted octanol–water partition coefficient (Wildman–Crippen LogP) is 6.00. The van der Waals surface area contributed by atoms with Gasteiger partial charge >= 0.3 is 5.97 Å². The van der Waals surface area contributed by atoms with E-state index in [9.17, 15) is 15.3 Å². The Labute approximate surface area is 170 Å². The van der Waals surface area contributed by atoms with Gasteiger partial charge < -0.3 is 4.74 Å². The van der Waals surface area contributed by atoms with Gasteiger partial charge in [0.1, 0.15) is 5.92 Å². The lowest BCUT2D eigenvalue weighted by Gasteiger charge is -2.18. The summed E-state index contributed by atoms with van der Waals surface area (Å²) in [5.41, 5.74) is 1.02. The van der Waals surface area contributed by atoms with E-state index >= 15 is 0 Å². The molecule has 0 radical (unpaired) electrons. The first-order valence-corrected chi connectivity index (χ1v) is 10.5. The second-order valence-corrected chi connectivity index (χ2v) is 8.10. The minimum atomic E-state index is -0.656. The highest BCUT2D eigenvalue weighted by atomic mass is 16.5. The fourth-order valence-corrected chi connectivity index (χ4v) is 3.41. The number of hydrogen-bond donors (Lipinski definition) is 0. The van der Waals surface area contributed by atoms with Crippen LogP contribution in [0.25, 0.3) is 0 Å². The first-order chi connectivity index (χ1) is 13.5. The Morgan fingerprint density at radius 3 is 2.25 bits per heavy atom. The predicted molar refractivity (Wildman–Crippen MR) is 111 cm³/mol. The van der Waals surface area contributed by atoms with E-state index in [1.54, 1.807) is 0 Å². The molecule has 0 amide bonds. The van der Waals surface area contributed by atoms with Crippen molar-refractivity contribution < 1.29 is 9.53 Å². The molecular weight excluding hydrogens is 348 g/mol. The smallest absolute Gasteiger partial charge is 0.306 e. The van der Waals surface area contributed by atoms with Gasteiger partial charge in [-0.1, -0.05) is 70.4 Å². The number of unbranched alkanes of at least 4 members (excludes halogenated alkanes) is 1. The largest absolute Gasteiger partial charge is 0.466 e. The van der Waals surface area contributed by atoms with Crippen LogP contribution in [0.4, 0.5) is 0 Å². The van der Waals surface area contributed by atoms with Gasteiger partial charge in [0.2, 0.25) is 0 Å². The van der Waals surface area contributed by atoms with Crippen molar-refractivity contribution in [2.24, 2.45) is 17.8 Å². The second-order valence-electron chi connectivity index (χ2n) is 8.10. The van der Waals surface area contributed by atoms with Crippen LogP contribution in [0.1, 0.15) is 77.2 Å². The van der Waals surface area contributed by atoms with Crippen LogP contribution in [0.3, 0.4) is 0 Å². The summed E-state index contributed by atoms with van der Waals surface area (Å²) < 4.78 is 5.37. The Balaban J connectivity index is 2.31. The number of hydrogen-bond acceptors (Lipinski definition) is 4. The quantitative estimate of drug-likeness (QED) is 0.310. The molecule has 2 unspecified atom stereocenters. The second kappa shape index (κ2) is 13.8. The van der Waals surface area contributed by atoms with Gasteiger partial charge in [0.05, 0.1) is 18.7 Å². The van der Waals surface area contributed by atoms with E-state index in [-0.39, 0.29) is 11.9 Å². The van der Waals surface area contributed by atoms with Gasteiger partial charge in [0.25, 0.3) is 0 Å². The van der Waals surface area contributed by atoms with Crippen molar-refractivity contribution >= 4 is 5.97 Å². The summed E-state index contributed by atoms with van der Waals surface area (Å²) in [6.45, 7) is 6.95. The van der Waals surface area contributed by atoms with Crippen molar-refractivity contribution in [3.8, 4) is 12.1 Å². The van der Waals surface area contributed by atoms with Gasteiger partial charge in [-0.3, -0.25) is 4.79 Å². The van der Waals surface area contributed by atoms with Crippen LogP contribution in [-0.4, -0.2) is 12.6 Å². The van der Waals surface area contributed by atoms with E-state index < -0.39 is 5.92 Å². The molecule has 0 aliphatic rings. The van der Waals surface area contributed by atoms with E-state index in [1.165, 1.54) is 6.42 Å². The van der Waals surface area contributed by atoms with Crippen molar-refractivity contribution in [2.75, 3.05) is 6.61 Å². The molecule has 1 rings (SSSR count). The highest BCUT2D eigenvalue weighted by Gasteiger charge is 2.22. The van der Waals surface area contributed by atoms with Gasteiger partial charge in [-0.2, -0.15) is 10.5 Å². The maximum absolute atomic E-state index is 12.0. The lowest BCUT2D eigenvalue weighted by molar-refractivity contribution is -0.144. The summed E-state index contributed by atoms with van der Waals surface area (Å²) in [5, 5.41) is 18.5. The van der Waals surface area contributed by atoms with Crippen LogP contribution in [0.2, 0.25) is 0 Å². The van der Waals surface area contributed by atoms with E-state index in [2.05, 4.69) is 32.9 Å². The summed E-state index contributed by atoms with van der Waals surface area (Å²) in [4.78, 5) is 12.0. The third-order valence-electron chi connectivity index (χ3n) is 5.07. The molecule has 0 saturated carbocycles. The molecule has 0 bridgehead atoms. The normalized spacial score (nSPS) is 13.0. The molecule has 4 nitrogen and oxygen atoms in total. The molecule has 4 heteroatoms. The first kappa shape index (κ1) is 23.7.